The van der Waals surface area contributed by atoms with E-state index in [1.54, 1.807) is 6.07 Å². The van der Waals surface area contributed by atoms with Gasteiger partial charge >= 0.3 is 0 Å². The number of benzene rings is 1. The smallest absolute Gasteiger partial charge is 0.260 e. The second-order valence-corrected chi connectivity index (χ2v) is 5.24. The SMILES string of the molecule is O=C1CCc2ccc(OCC(=O)N3CCCC3)cc2N1. The Balaban J connectivity index is 1.61. The molecule has 0 aliphatic carbocycles. The predicted octanol–water partition coefficient (Wildman–Crippen LogP) is 1.57. The van der Waals surface area contributed by atoms with Crippen LogP contribution in [0.4, 0.5) is 5.69 Å². The molecular formula is C15H18N2O3. The Morgan fingerprint density at radius 3 is 2.85 bits per heavy atom. The molecule has 0 radical (unpaired) electrons. The number of hydrogen-bond acceptors (Lipinski definition) is 3. The van der Waals surface area contributed by atoms with Gasteiger partial charge in [-0.3, -0.25) is 9.59 Å². The van der Waals surface area contributed by atoms with E-state index in [1.807, 2.05) is 17.0 Å². The van der Waals surface area contributed by atoms with Gasteiger partial charge < -0.3 is 15.0 Å². The van der Waals surface area contributed by atoms with Crippen molar-refractivity contribution >= 4 is 17.5 Å². The summed E-state index contributed by atoms with van der Waals surface area (Å²) < 4.78 is 5.54. The average Bonchev–Trinajstić information content (AvgIpc) is 2.98. The standard InChI is InChI=1S/C15H18N2O3/c18-14-6-4-11-3-5-12(9-13(11)16-14)20-10-15(19)17-7-1-2-8-17/h3,5,9H,1-2,4,6-8,10H2,(H,16,18). The lowest BCUT2D eigenvalue weighted by Crippen LogP contribution is -2.32. The van der Waals surface area contributed by atoms with Crippen molar-refractivity contribution in [2.45, 2.75) is 25.7 Å². The van der Waals surface area contributed by atoms with Crippen LogP contribution in [0.3, 0.4) is 0 Å². The van der Waals surface area contributed by atoms with Gasteiger partial charge in [0.05, 0.1) is 0 Å². The Hall–Kier alpha value is -2.04. The van der Waals surface area contributed by atoms with E-state index in [1.165, 1.54) is 0 Å². The Morgan fingerprint density at radius 1 is 1.25 bits per heavy atom. The molecule has 1 fully saturated rings. The van der Waals surface area contributed by atoms with Crippen molar-refractivity contribution in [1.29, 1.82) is 0 Å². The van der Waals surface area contributed by atoms with Crippen LogP contribution >= 0.6 is 0 Å². The molecular weight excluding hydrogens is 256 g/mol. The van der Waals surface area contributed by atoms with E-state index in [9.17, 15) is 9.59 Å². The second kappa shape index (κ2) is 5.53. The molecule has 3 rings (SSSR count). The van der Waals surface area contributed by atoms with Gasteiger partial charge in [-0.15, -0.1) is 0 Å². The van der Waals surface area contributed by atoms with Gasteiger partial charge in [0.2, 0.25) is 5.91 Å². The molecule has 2 amide bonds. The highest BCUT2D eigenvalue weighted by Crippen LogP contribution is 2.27. The number of carbonyl (C=O) groups is 2. The van der Waals surface area contributed by atoms with Gasteiger partial charge in [0.25, 0.3) is 5.91 Å². The molecule has 1 aromatic rings. The Kier molecular flexibility index (Phi) is 3.58. The van der Waals surface area contributed by atoms with Crippen LogP contribution in [0.2, 0.25) is 0 Å². The van der Waals surface area contributed by atoms with Crippen LogP contribution in [0.15, 0.2) is 18.2 Å². The summed E-state index contributed by atoms with van der Waals surface area (Å²) in [5, 5.41) is 2.83. The molecule has 0 unspecified atom stereocenters. The molecule has 0 bridgehead atoms. The first-order valence-corrected chi connectivity index (χ1v) is 7.06. The third-order valence-electron chi connectivity index (χ3n) is 3.80. The zero-order valence-corrected chi connectivity index (χ0v) is 11.4. The van der Waals surface area contributed by atoms with Gasteiger partial charge in [-0.05, 0) is 30.9 Å². The van der Waals surface area contributed by atoms with Gasteiger partial charge in [-0.25, -0.2) is 0 Å². The number of likely N-dealkylation sites (tertiary alicyclic amines) is 1. The molecule has 5 nitrogen and oxygen atoms in total. The summed E-state index contributed by atoms with van der Waals surface area (Å²) in [7, 11) is 0. The lowest BCUT2D eigenvalue weighted by atomic mass is 10.0. The first-order chi connectivity index (χ1) is 9.72. The van der Waals surface area contributed by atoms with Crippen LogP contribution in [0.1, 0.15) is 24.8 Å². The van der Waals surface area contributed by atoms with Gasteiger partial charge in [-0.2, -0.15) is 0 Å². The monoisotopic (exact) mass is 274 g/mol. The highest BCUT2D eigenvalue weighted by atomic mass is 16.5. The molecule has 1 N–H and O–H groups in total. The molecule has 2 aliphatic heterocycles. The molecule has 2 aliphatic rings. The van der Waals surface area contributed by atoms with Crippen LogP contribution in [-0.4, -0.2) is 36.4 Å². The highest BCUT2D eigenvalue weighted by Gasteiger charge is 2.19. The maximum atomic E-state index is 11.9. The van der Waals surface area contributed by atoms with Gasteiger partial charge in [0, 0.05) is 31.3 Å². The molecule has 2 heterocycles. The third kappa shape index (κ3) is 2.76. The van der Waals surface area contributed by atoms with Crippen molar-refractivity contribution in [1.82, 2.24) is 4.90 Å². The van der Waals surface area contributed by atoms with Crippen LogP contribution in [0.25, 0.3) is 0 Å². The molecule has 0 spiro atoms. The summed E-state index contributed by atoms with van der Waals surface area (Å²) in [5.41, 5.74) is 1.91. The Bertz CT molecular complexity index is 536. The summed E-state index contributed by atoms with van der Waals surface area (Å²) in [5.74, 6) is 0.686. The number of amides is 2. The van der Waals surface area contributed by atoms with E-state index in [0.717, 1.165) is 43.6 Å². The quantitative estimate of drug-likeness (QED) is 0.910. The van der Waals surface area contributed by atoms with E-state index >= 15 is 0 Å². The van der Waals surface area contributed by atoms with E-state index in [0.29, 0.717) is 12.2 Å². The van der Waals surface area contributed by atoms with E-state index in [4.69, 9.17) is 4.74 Å². The first-order valence-electron chi connectivity index (χ1n) is 7.06. The summed E-state index contributed by atoms with van der Waals surface area (Å²) in [6.07, 6.45) is 3.45. The normalized spacial score (nSPS) is 17.6. The minimum atomic E-state index is 0.0304. The Morgan fingerprint density at radius 2 is 2.05 bits per heavy atom. The highest BCUT2D eigenvalue weighted by molar-refractivity contribution is 5.94. The number of hydrogen-bond donors (Lipinski definition) is 1. The van der Waals surface area contributed by atoms with Crippen molar-refractivity contribution in [2.75, 3.05) is 25.0 Å². The predicted molar refractivity (Wildman–Crippen MR) is 74.7 cm³/mol. The fourth-order valence-corrected chi connectivity index (χ4v) is 2.64. The summed E-state index contributed by atoms with van der Waals surface area (Å²) in [6.45, 7) is 1.73. The maximum Gasteiger partial charge on any atom is 0.260 e. The zero-order chi connectivity index (χ0) is 13.9. The minimum Gasteiger partial charge on any atom is -0.484 e. The number of fused-ring (bicyclic) bond motifs is 1. The molecule has 5 heteroatoms. The molecule has 0 aromatic heterocycles. The van der Waals surface area contributed by atoms with E-state index in [-0.39, 0.29) is 18.4 Å². The number of nitrogens with zero attached hydrogens (tertiary/aromatic N) is 1. The fraction of sp³-hybridized carbons (Fsp3) is 0.467. The average molecular weight is 274 g/mol. The summed E-state index contributed by atoms with van der Waals surface area (Å²) in [4.78, 5) is 25.1. The molecule has 106 valence electrons. The van der Waals surface area contributed by atoms with Crippen molar-refractivity contribution in [3.05, 3.63) is 23.8 Å². The number of nitrogens with one attached hydrogen (secondary N) is 1. The second-order valence-electron chi connectivity index (χ2n) is 5.24. The summed E-state index contributed by atoms with van der Waals surface area (Å²) >= 11 is 0. The van der Waals surface area contributed by atoms with E-state index < -0.39 is 0 Å². The molecule has 1 aromatic carbocycles. The number of aryl methyl sites for hydroxylation is 1. The van der Waals surface area contributed by atoms with Crippen LogP contribution in [-0.2, 0) is 16.0 Å². The number of ether oxygens (including phenoxy) is 1. The maximum absolute atomic E-state index is 11.9. The molecule has 0 atom stereocenters. The lowest BCUT2D eigenvalue weighted by Gasteiger charge is -2.19. The van der Waals surface area contributed by atoms with Crippen molar-refractivity contribution in [2.24, 2.45) is 0 Å². The third-order valence-corrected chi connectivity index (χ3v) is 3.80. The van der Waals surface area contributed by atoms with Crippen molar-refractivity contribution in [3.63, 3.8) is 0 Å². The molecule has 1 saturated heterocycles. The van der Waals surface area contributed by atoms with Gasteiger partial charge in [0.15, 0.2) is 6.61 Å². The fourth-order valence-electron chi connectivity index (χ4n) is 2.64. The van der Waals surface area contributed by atoms with Gasteiger partial charge in [-0.1, -0.05) is 6.07 Å². The van der Waals surface area contributed by atoms with Crippen molar-refractivity contribution in [3.8, 4) is 5.75 Å². The van der Waals surface area contributed by atoms with Gasteiger partial charge in [0.1, 0.15) is 5.75 Å². The van der Waals surface area contributed by atoms with Crippen molar-refractivity contribution < 1.29 is 14.3 Å². The minimum absolute atomic E-state index is 0.0304. The van der Waals surface area contributed by atoms with Crippen LogP contribution < -0.4 is 10.1 Å². The van der Waals surface area contributed by atoms with Crippen LogP contribution in [0.5, 0.6) is 5.75 Å². The summed E-state index contributed by atoms with van der Waals surface area (Å²) in [6, 6.07) is 5.60. The zero-order valence-electron chi connectivity index (χ0n) is 11.4. The molecule has 20 heavy (non-hydrogen) atoms. The first kappa shape index (κ1) is 13.0. The lowest BCUT2D eigenvalue weighted by molar-refractivity contribution is -0.132. The number of carbonyl (C=O) groups excluding carboxylic acids is 2. The topological polar surface area (TPSA) is 58.6 Å². The Labute approximate surface area is 117 Å². The largest absolute Gasteiger partial charge is 0.484 e. The van der Waals surface area contributed by atoms with E-state index in [2.05, 4.69) is 5.32 Å². The number of rotatable bonds is 3. The van der Waals surface area contributed by atoms with Crippen LogP contribution in [0, 0.1) is 0 Å². The number of anilines is 1. The molecule has 0 saturated carbocycles.